The Balaban J connectivity index is 2.73. The van der Waals surface area contributed by atoms with Crippen LogP contribution >= 0.6 is 0 Å². The van der Waals surface area contributed by atoms with E-state index in [1.807, 2.05) is 6.92 Å². The molecule has 0 saturated carbocycles. The molecule has 0 unspecified atom stereocenters. The average molecular weight is 204 g/mol. The molecule has 0 saturated heterocycles. The fourth-order valence-corrected chi connectivity index (χ4v) is 1.64. The molecule has 0 aliphatic carbocycles. The summed E-state index contributed by atoms with van der Waals surface area (Å²) >= 11 is 0. The van der Waals surface area contributed by atoms with E-state index in [1.54, 1.807) is 18.2 Å². The highest BCUT2D eigenvalue weighted by Gasteiger charge is 2.07. The number of benzene rings is 1. The molecule has 3 nitrogen and oxygen atoms in total. The van der Waals surface area contributed by atoms with Gasteiger partial charge in [0, 0.05) is 6.42 Å². The van der Waals surface area contributed by atoms with E-state index in [4.69, 9.17) is 4.42 Å². The molecule has 0 atom stereocenters. The molecule has 3 heteroatoms. The van der Waals surface area contributed by atoms with Crippen molar-refractivity contribution < 1.29 is 9.52 Å². The smallest absolute Gasteiger partial charge is 0.347 e. The molecule has 1 heterocycles. The van der Waals surface area contributed by atoms with Crippen LogP contribution in [0.1, 0.15) is 19.1 Å². The average Bonchev–Trinajstić information content (AvgIpc) is 2.17. The predicted octanol–water partition coefficient (Wildman–Crippen LogP) is 2.45. The molecule has 0 aliphatic rings. The van der Waals surface area contributed by atoms with Crippen molar-refractivity contribution in [1.29, 1.82) is 0 Å². The Labute approximate surface area is 87.0 Å². The molecule has 15 heavy (non-hydrogen) atoms. The van der Waals surface area contributed by atoms with Crippen molar-refractivity contribution in [3.05, 3.63) is 40.4 Å². The zero-order chi connectivity index (χ0) is 10.8. The van der Waals surface area contributed by atoms with Crippen molar-refractivity contribution in [2.24, 2.45) is 0 Å². The van der Waals surface area contributed by atoms with E-state index < -0.39 is 5.63 Å². The van der Waals surface area contributed by atoms with E-state index in [0.29, 0.717) is 5.76 Å². The molecule has 0 radical (unpaired) electrons. The third kappa shape index (κ3) is 1.73. The maximum Gasteiger partial charge on any atom is 0.347 e. The minimum Gasteiger partial charge on any atom is -0.507 e. The summed E-state index contributed by atoms with van der Waals surface area (Å²) in [5, 5.41) is 10.5. The third-order valence-corrected chi connectivity index (χ3v) is 2.32. The van der Waals surface area contributed by atoms with E-state index in [2.05, 4.69) is 0 Å². The number of hydrogen-bond acceptors (Lipinski definition) is 3. The van der Waals surface area contributed by atoms with E-state index in [9.17, 15) is 9.90 Å². The first-order valence-electron chi connectivity index (χ1n) is 4.97. The van der Waals surface area contributed by atoms with Gasteiger partial charge in [-0.05, 0) is 23.9 Å². The zero-order valence-corrected chi connectivity index (χ0v) is 8.49. The molecule has 1 aromatic carbocycles. The van der Waals surface area contributed by atoms with Crippen molar-refractivity contribution in [2.45, 2.75) is 19.8 Å². The van der Waals surface area contributed by atoms with Crippen LogP contribution in [0.2, 0.25) is 0 Å². The lowest BCUT2D eigenvalue weighted by molar-refractivity contribution is 0.453. The van der Waals surface area contributed by atoms with E-state index in [1.165, 1.54) is 6.07 Å². The molecule has 0 aliphatic heterocycles. The Kier molecular flexibility index (Phi) is 2.46. The molecule has 2 aromatic rings. The Morgan fingerprint density at radius 2 is 2.20 bits per heavy atom. The van der Waals surface area contributed by atoms with Crippen molar-refractivity contribution in [3.63, 3.8) is 0 Å². The van der Waals surface area contributed by atoms with Gasteiger partial charge in [0.25, 0.3) is 0 Å². The summed E-state index contributed by atoms with van der Waals surface area (Å²) in [5.41, 5.74) is -0.464. The molecule has 1 N–H and O–H groups in total. The molecule has 0 fully saturated rings. The Bertz CT molecular complexity index is 540. The Hall–Kier alpha value is -1.77. The van der Waals surface area contributed by atoms with Gasteiger partial charge in [0.1, 0.15) is 16.9 Å². The lowest BCUT2D eigenvalue weighted by atomic mass is 10.1. The molecular weight excluding hydrogens is 192 g/mol. The highest BCUT2D eigenvalue weighted by atomic mass is 16.4. The number of rotatable bonds is 2. The number of phenols is 1. The quantitative estimate of drug-likeness (QED) is 0.817. The van der Waals surface area contributed by atoms with Crippen LogP contribution in [-0.4, -0.2) is 5.11 Å². The highest BCUT2D eigenvalue weighted by Crippen LogP contribution is 2.21. The van der Waals surface area contributed by atoms with Crippen LogP contribution in [0, 0.1) is 0 Å². The van der Waals surface area contributed by atoms with Crippen LogP contribution in [0.4, 0.5) is 0 Å². The standard InChI is InChI=1S/C12H12O3/c1-2-4-9-7-8-5-3-6-10(13)11(8)12(14)15-9/h3,5-7,13H,2,4H2,1H3. The monoisotopic (exact) mass is 204 g/mol. The molecule has 0 spiro atoms. The van der Waals surface area contributed by atoms with E-state index in [0.717, 1.165) is 18.2 Å². The van der Waals surface area contributed by atoms with Gasteiger partial charge in [-0.3, -0.25) is 0 Å². The Morgan fingerprint density at radius 1 is 1.40 bits per heavy atom. The number of hydrogen-bond donors (Lipinski definition) is 1. The molecule has 78 valence electrons. The second-order valence-electron chi connectivity index (χ2n) is 3.49. The second-order valence-corrected chi connectivity index (χ2v) is 3.49. The first kappa shape index (κ1) is 9.77. The van der Waals surface area contributed by atoms with Crippen molar-refractivity contribution in [3.8, 4) is 5.75 Å². The fraction of sp³-hybridized carbons (Fsp3) is 0.250. The van der Waals surface area contributed by atoms with Crippen molar-refractivity contribution in [1.82, 2.24) is 0 Å². The Morgan fingerprint density at radius 3 is 2.93 bits per heavy atom. The van der Waals surface area contributed by atoms with Crippen LogP contribution in [0.3, 0.4) is 0 Å². The molecule has 1 aromatic heterocycles. The van der Waals surface area contributed by atoms with Gasteiger partial charge < -0.3 is 9.52 Å². The lowest BCUT2D eigenvalue weighted by Crippen LogP contribution is -2.02. The second kappa shape index (κ2) is 3.77. The summed E-state index contributed by atoms with van der Waals surface area (Å²) in [5.74, 6) is 0.643. The van der Waals surface area contributed by atoms with Crippen molar-refractivity contribution in [2.75, 3.05) is 0 Å². The van der Waals surface area contributed by atoms with Crippen LogP contribution in [0.5, 0.6) is 5.75 Å². The normalized spacial score (nSPS) is 10.7. The van der Waals surface area contributed by atoms with Gasteiger partial charge in [0.2, 0.25) is 0 Å². The zero-order valence-electron chi connectivity index (χ0n) is 8.49. The molecule has 0 amide bonds. The number of fused-ring (bicyclic) bond motifs is 1. The SMILES string of the molecule is CCCc1cc2cccc(O)c2c(=O)o1. The molecule has 2 rings (SSSR count). The summed E-state index contributed by atoms with van der Waals surface area (Å²) < 4.78 is 5.10. The minimum absolute atomic E-state index is 0.0238. The number of aryl methyl sites for hydroxylation is 1. The van der Waals surface area contributed by atoms with Gasteiger partial charge >= 0.3 is 5.63 Å². The maximum atomic E-state index is 11.6. The van der Waals surface area contributed by atoms with Crippen LogP contribution in [0.15, 0.2) is 33.5 Å². The first-order valence-corrected chi connectivity index (χ1v) is 4.97. The topological polar surface area (TPSA) is 50.4 Å². The maximum absolute atomic E-state index is 11.6. The first-order chi connectivity index (χ1) is 7.22. The highest BCUT2D eigenvalue weighted by molar-refractivity contribution is 5.86. The molecule has 0 bridgehead atoms. The van der Waals surface area contributed by atoms with Gasteiger partial charge in [-0.15, -0.1) is 0 Å². The van der Waals surface area contributed by atoms with Crippen molar-refractivity contribution >= 4 is 10.8 Å². The van der Waals surface area contributed by atoms with Gasteiger partial charge in [-0.25, -0.2) is 4.79 Å². The predicted molar refractivity (Wildman–Crippen MR) is 58.1 cm³/mol. The fourth-order valence-electron chi connectivity index (χ4n) is 1.64. The van der Waals surface area contributed by atoms with Gasteiger partial charge in [-0.2, -0.15) is 0 Å². The van der Waals surface area contributed by atoms with Crippen LogP contribution in [-0.2, 0) is 6.42 Å². The minimum atomic E-state index is -0.464. The van der Waals surface area contributed by atoms with Gasteiger partial charge in [-0.1, -0.05) is 19.1 Å². The lowest BCUT2D eigenvalue weighted by Gasteiger charge is -2.01. The van der Waals surface area contributed by atoms with Gasteiger partial charge in [0.15, 0.2) is 0 Å². The van der Waals surface area contributed by atoms with Crippen LogP contribution in [0.25, 0.3) is 10.8 Å². The summed E-state index contributed by atoms with van der Waals surface area (Å²) in [6.07, 6.45) is 1.66. The van der Waals surface area contributed by atoms with E-state index in [-0.39, 0.29) is 11.1 Å². The van der Waals surface area contributed by atoms with Gasteiger partial charge in [0.05, 0.1) is 0 Å². The molecular formula is C12H12O3. The van der Waals surface area contributed by atoms with Crippen LogP contribution < -0.4 is 5.63 Å². The number of aromatic hydroxyl groups is 1. The summed E-state index contributed by atoms with van der Waals surface area (Å²) in [6.45, 7) is 2.02. The largest absolute Gasteiger partial charge is 0.507 e. The summed E-state index contributed by atoms with van der Waals surface area (Å²) in [6, 6.07) is 6.80. The summed E-state index contributed by atoms with van der Waals surface area (Å²) in [4.78, 5) is 11.6. The third-order valence-electron chi connectivity index (χ3n) is 2.32. The number of phenolic OH excluding ortho intramolecular Hbond substituents is 1. The van der Waals surface area contributed by atoms with E-state index >= 15 is 0 Å². The summed E-state index contributed by atoms with van der Waals surface area (Å²) in [7, 11) is 0.